The Bertz CT molecular complexity index is 1380. The minimum atomic E-state index is -4.03. The quantitative estimate of drug-likeness (QED) is 0.262. The molecule has 0 aromatic heterocycles. The van der Waals surface area contributed by atoms with Gasteiger partial charge in [0.1, 0.15) is 21.3 Å². The van der Waals surface area contributed by atoms with E-state index in [9.17, 15) is 16.8 Å². The molecule has 0 unspecified atom stereocenters. The molecule has 0 spiro atoms. The van der Waals surface area contributed by atoms with Gasteiger partial charge in [-0.25, -0.2) is 0 Å². The number of benzene rings is 4. The van der Waals surface area contributed by atoms with Gasteiger partial charge >= 0.3 is 20.2 Å². The van der Waals surface area contributed by atoms with E-state index >= 15 is 0 Å². The van der Waals surface area contributed by atoms with E-state index in [4.69, 9.17) is 31.6 Å². The van der Waals surface area contributed by atoms with Crippen molar-refractivity contribution >= 4 is 43.4 Å². The van der Waals surface area contributed by atoms with Crippen molar-refractivity contribution in [2.75, 3.05) is 0 Å². The summed E-state index contributed by atoms with van der Waals surface area (Å²) in [6, 6.07) is 24.0. The SMILES string of the molecule is O=S(=O)(Oc1ccc(Cl)cc1)c1ccc(-c2ccc(S(=O)(=O)Oc3ccc(Cl)cc3)cc2)cc1. The van der Waals surface area contributed by atoms with Gasteiger partial charge in [-0.05, 0) is 83.9 Å². The predicted octanol–water partition coefficient (Wildman–Crippen LogP) is 6.20. The predicted molar refractivity (Wildman–Crippen MR) is 130 cm³/mol. The van der Waals surface area contributed by atoms with E-state index in [1.165, 1.54) is 72.8 Å². The Hall–Kier alpha value is -3.04. The molecule has 0 heterocycles. The standard InChI is InChI=1S/C24H16Cl2O6S2/c25-19-5-9-21(10-6-19)31-33(27,28)23-13-1-17(2-14-23)18-3-15-24(16-4-18)34(29,30)32-22-11-7-20(26)8-12-22/h1-16H. The molecule has 4 aromatic carbocycles. The van der Waals surface area contributed by atoms with Crippen molar-refractivity contribution in [3.63, 3.8) is 0 Å². The molecular formula is C24H16Cl2O6S2. The molecule has 0 aliphatic carbocycles. The van der Waals surface area contributed by atoms with Crippen molar-refractivity contribution in [3.8, 4) is 22.6 Å². The number of halogens is 2. The lowest BCUT2D eigenvalue weighted by molar-refractivity contribution is 0.484. The van der Waals surface area contributed by atoms with Crippen molar-refractivity contribution < 1.29 is 25.2 Å². The van der Waals surface area contributed by atoms with Gasteiger partial charge in [0.05, 0.1) is 0 Å². The molecule has 34 heavy (non-hydrogen) atoms. The third-order valence-electron chi connectivity index (χ3n) is 4.66. The van der Waals surface area contributed by atoms with Crippen molar-refractivity contribution in [3.05, 3.63) is 107 Å². The highest BCUT2D eigenvalue weighted by Crippen LogP contribution is 2.26. The fourth-order valence-corrected chi connectivity index (χ4v) is 5.07. The lowest BCUT2D eigenvalue weighted by Crippen LogP contribution is -2.09. The van der Waals surface area contributed by atoms with Crippen molar-refractivity contribution in [2.45, 2.75) is 9.79 Å². The van der Waals surface area contributed by atoms with E-state index in [1.54, 1.807) is 24.3 Å². The lowest BCUT2D eigenvalue weighted by Gasteiger charge is -2.09. The summed E-state index contributed by atoms with van der Waals surface area (Å²) in [6.45, 7) is 0. The van der Waals surface area contributed by atoms with Crippen LogP contribution >= 0.6 is 23.2 Å². The molecule has 6 nitrogen and oxygen atoms in total. The molecule has 0 fully saturated rings. The molecule has 0 bridgehead atoms. The van der Waals surface area contributed by atoms with E-state index in [0.717, 1.165) is 0 Å². The van der Waals surface area contributed by atoms with Crippen LogP contribution in [0.25, 0.3) is 11.1 Å². The maximum Gasteiger partial charge on any atom is 0.339 e. The zero-order valence-corrected chi connectivity index (χ0v) is 20.4. The van der Waals surface area contributed by atoms with Crippen LogP contribution in [0.3, 0.4) is 0 Å². The van der Waals surface area contributed by atoms with Crippen LogP contribution in [0.5, 0.6) is 11.5 Å². The van der Waals surface area contributed by atoms with Crippen LogP contribution < -0.4 is 8.37 Å². The third kappa shape index (κ3) is 5.71. The third-order valence-corrected chi connectivity index (χ3v) is 7.69. The molecule has 0 amide bonds. The van der Waals surface area contributed by atoms with E-state index in [2.05, 4.69) is 0 Å². The average molecular weight is 535 g/mol. The first-order chi connectivity index (χ1) is 16.1. The highest BCUT2D eigenvalue weighted by molar-refractivity contribution is 7.87. The van der Waals surface area contributed by atoms with Gasteiger partial charge in [-0.1, -0.05) is 47.5 Å². The van der Waals surface area contributed by atoms with Gasteiger partial charge in [-0.3, -0.25) is 0 Å². The van der Waals surface area contributed by atoms with Crippen LogP contribution in [0.4, 0.5) is 0 Å². The summed E-state index contributed by atoms with van der Waals surface area (Å²) in [7, 11) is -8.06. The summed E-state index contributed by atoms with van der Waals surface area (Å²) in [5, 5.41) is 0.925. The number of hydrogen-bond acceptors (Lipinski definition) is 6. The highest BCUT2D eigenvalue weighted by atomic mass is 35.5. The van der Waals surface area contributed by atoms with Crippen LogP contribution in [-0.2, 0) is 20.2 Å². The van der Waals surface area contributed by atoms with Crippen molar-refractivity contribution in [1.82, 2.24) is 0 Å². The molecular weight excluding hydrogens is 519 g/mol. The van der Waals surface area contributed by atoms with Crippen molar-refractivity contribution in [2.24, 2.45) is 0 Å². The largest absolute Gasteiger partial charge is 0.379 e. The fraction of sp³-hybridized carbons (Fsp3) is 0. The molecule has 4 aromatic rings. The van der Waals surface area contributed by atoms with E-state index in [0.29, 0.717) is 21.2 Å². The topological polar surface area (TPSA) is 86.7 Å². The van der Waals surface area contributed by atoms with Gasteiger partial charge in [0.15, 0.2) is 0 Å². The van der Waals surface area contributed by atoms with E-state index < -0.39 is 20.2 Å². The molecule has 0 aliphatic heterocycles. The van der Waals surface area contributed by atoms with Gasteiger partial charge < -0.3 is 8.37 Å². The first-order valence-corrected chi connectivity index (χ1v) is 13.3. The van der Waals surface area contributed by atoms with Crippen LogP contribution in [0.2, 0.25) is 10.0 Å². The van der Waals surface area contributed by atoms with Crippen LogP contribution in [0, 0.1) is 0 Å². The molecule has 4 rings (SSSR count). The molecule has 0 N–H and O–H groups in total. The maximum atomic E-state index is 12.5. The summed E-state index contributed by atoms with van der Waals surface area (Å²) < 4.78 is 60.3. The zero-order valence-electron chi connectivity index (χ0n) is 17.3. The van der Waals surface area contributed by atoms with E-state index in [-0.39, 0.29) is 21.3 Å². The maximum absolute atomic E-state index is 12.5. The average Bonchev–Trinajstić information content (AvgIpc) is 2.82. The first-order valence-electron chi connectivity index (χ1n) is 9.73. The Kier molecular flexibility index (Phi) is 6.86. The molecule has 0 radical (unpaired) electrons. The minimum Gasteiger partial charge on any atom is -0.379 e. The monoisotopic (exact) mass is 534 g/mol. The Balaban J connectivity index is 1.49. The van der Waals surface area contributed by atoms with Crippen molar-refractivity contribution in [1.29, 1.82) is 0 Å². The van der Waals surface area contributed by atoms with Gasteiger partial charge in [-0.2, -0.15) is 16.8 Å². The number of rotatable bonds is 7. The van der Waals surface area contributed by atoms with Crippen LogP contribution in [0.1, 0.15) is 0 Å². The minimum absolute atomic E-state index is 0.0261. The summed E-state index contributed by atoms with van der Waals surface area (Å²) in [6.07, 6.45) is 0. The van der Waals surface area contributed by atoms with Crippen LogP contribution in [0.15, 0.2) is 107 Å². The molecule has 174 valence electrons. The second-order valence-electron chi connectivity index (χ2n) is 7.03. The Morgan fingerprint density at radius 3 is 1.03 bits per heavy atom. The summed E-state index contributed by atoms with van der Waals surface area (Å²) >= 11 is 11.6. The normalized spacial score (nSPS) is 11.7. The lowest BCUT2D eigenvalue weighted by atomic mass is 10.1. The smallest absolute Gasteiger partial charge is 0.339 e. The molecule has 0 aliphatic rings. The Morgan fingerprint density at radius 2 is 0.735 bits per heavy atom. The molecule has 0 atom stereocenters. The van der Waals surface area contributed by atoms with Gasteiger partial charge in [-0.15, -0.1) is 0 Å². The van der Waals surface area contributed by atoms with Gasteiger partial charge in [0.2, 0.25) is 0 Å². The van der Waals surface area contributed by atoms with Crippen LogP contribution in [-0.4, -0.2) is 16.8 Å². The Morgan fingerprint density at radius 1 is 0.441 bits per heavy atom. The summed E-state index contributed by atoms with van der Waals surface area (Å²) in [5.74, 6) is 0.289. The second-order valence-corrected chi connectivity index (χ2v) is 11.0. The van der Waals surface area contributed by atoms with E-state index in [1.807, 2.05) is 0 Å². The summed E-state index contributed by atoms with van der Waals surface area (Å²) in [5.41, 5.74) is 1.38. The highest BCUT2D eigenvalue weighted by Gasteiger charge is 2.18. The molecule has 10 heteroatoms. The zero-order chi connectivity index (χ0) is 24.3. The second kappa shape index (κ2) is 9.68. The number of hydrogen-bond donors (Lipinski definition) is 0. The Labute approximate surface area is 207 Å². The summed E-state index contributed by atoms with van der Waals surface area (Å²) in [4.78, 5) is -0.0523. The van der Waals surface area contributed by atoms with Gasteiger partial charge in [0.25, 0.3) is 0 Å². The molecule has 0 saturated heterocycles. The molecule has 0 saturated carbocycles. The fourth-order valence-electron chi connectivity index (χ4n) is 2.96. The van der Waals surface area contributed by atoms with Gasteiger partial charge in [0, 0.05) is 10.0 Å². The first kappa shape index (κ1) is 24.1.